The van der Waals surface area contributed by atoms with Crippen LogP contribution in [-0.4, -0.2) is 52.1 Å². The molecule has 1 aliphatic rings. The topological polar surface area (TPSA) is 101 Å². The Labute approximate surface area is 137 Å². The van der Waals surface area contributed by atoms with Gasteiger partial charge in [-0.25, -0.2) is 0 Å². The number of hydrogen-bond donors (Lipinski definition) is 0. The Morgan fingerprint density at radius 1 is 1.17 bits per heavy atom. The van der Waals surface area contributed by atoms with Crippen LogP contribution in [-0.2, 0) is 4.79 Å². The van der Waals surface area contributed by atoms with Gasteiger partial charge in [-0.3, -0.25) is 29.4 Å². The first-order chi connectivity index (χ1) is 11.4. The second kappa shape index (κ2) is 6.86. The van der Waals surface area contributed by atoms with Crippen molar-refractivity contribution < 1.29 is 19.3 Å². The number of nitrogens with zero attached hydrogens (tertiary/aromatic N) is 3. The van der Waals surface area contributed by atoms with Crippen LogP contribution in [0.2, 0.25) is 0 Å². The zero-order valence-corrected chi connectivity index (χ0v) is 12.8. The number of nitro benzene ring substituents is 1. The van der Waals surface area contributed by atoms with Crippen molar-refractivity contribution >= 4 is 23.4 Å². The first-order valence-electron chi connectivity index (χ1n) is 7.05. The summed E-state index contributed by atoms with van der Waals surface area (Å²) in [6.45, 7) is 7.15. The van der Waals surface area contributed by atoms with Gasteiger partial charge in [0.25, 0.3) is 17.5 Å². The Kier molecular flexibility index (Phi) is 4.88. The van der Waals surface area contributed by atoms with Crippen LogP contribution in [0.15, 0.2) is 43.5 Å². The summed E-state index contributed by atoms with van der Waals surface area (Å²) in [4.78, 5) is 49.2. The van der Waals surface area contributed by atoms with Gasteiger partial charge in [-0.05, 0) is 6.07 Å². The van der Waals surface area contributed by atoms with Crippen molar-refractivity contribution in [3.63, 3.8) is 0 Å². The third kappa shape index (κ3) is 3.07. The molecule has 0 bridgehead atoms. The number of benzene rings is 1. The van der Waals surface area contributed by atoms with Crippen LogP contribution in [0.1, 0.15) is 20.7 Å². The second-order valence-electron chi connectivity index (χ2n) is 5.06. The molecule has 0 unspecified atom stereocenters. The minimum atomic E-state index is -0.718. The van der Waals surface area contributed by atoms with Crippen molar-refractivity contribution in [1.82, 2.24) is 9.80 Å². The molecular weight excluding hydrogens is 314 g/mol. The molecule has 0 aliphatic carbocycles. The second-order valence-corrected chi connectivity index (χ2v) is 5.06. The Morgan fingerprint density at radius 2 is 1.75 bits per heavy atom. The summed E-state index contributed by atoms with van der Waals surface area (Å²) in [5.41, 5.74) is -0.304. The van der Waals surface area contributed by atoms with Crippen LogP contribution in [0.5, 0.6) is 0 Å². The first kappa shape index (κ1) is 17.1. The standard InChI is InChI=1S/C16H15N3O5/c1-3-7-17(8-4-2)14(20)10-18-15(21)12-6-5-11(19(23)24)9-13(12)16(18)22/h3-6,9H,1-2,7-8,10H2. The maximum absolute atomic E-state index is 12.3. The number of fused-ring (bicyclic) bond motifs is 1. The molecule has 0 N–H and O–H groups in total. The Hall–Kier alpha value is -3.29. The highest BCUT2D eigenvalue weighted by atomic mass is 16.6. The summed E-state index contributed by atoms with van der Waals surface area (Å²) in [5, 5.41) is 10.8. The van der Waals surface area contributed by atoms with E-state index in [2.05, 4.69) is 13.2 Å². The Balaban J connectivity index is 2.24. The molecule has 124 valence electrons. The smallest absolute Gasteiger partial charge is 0.270 e. The molecule has 0 fully saturated rings. The van der Waals surface area contributed by atoms with Gasteiger partial charge in [0.2, 0.25) is 5.91 Å². The van der Waals surface area contributed by atoms with Crippen molar-refractivity contribution in [3.05, 3.63) is 64.8 Å². The fraction of sp³-hybridized carbons (Fsp3) is 0.188. The van der Waals surface area contributed by atoms with E-state index in [1.54, 1.807) is 0 Å². The summed E-state index contributed by atoms with van der Waals surface area (Å²) in [6, 6.07) is 3.42. The van der Waals surface area contributed by atoms with Crippen LogP contribution < -0.4 is 0 Å². The predicted molar refractivity (Wildman–Crippen MR) is 85.4 cm³/mol. The molecule has 0 atom stereocenters. The summed E-state index contributed by atoms with van der Waals surface area (Å²) in [7, 11) is 0. The van der Waals surface area contributed by atoms with E-state index in [1.165, 1.54) is 23.1 Å². The predicted octanol–water partition coefficient (Wildman–Crippen LogP) is 1.39. The largest absolute Gasteiger partial charge is 0.334 e. The van der Waals surface area contributed by atoms with Crippen molar-refractivity contribution in [1.29, 1.82) is 0 Å². The molecule has 3 amide bonds. The van der Waals surface area contributed by atoms with Gasteiger partial charge in [-0.15, -0.1) is 13.2 Å². The molecule has 1 aromatic carbocycles. The highest BCUT2D eigenvalue weighted by molar-refractivity contribution is 6.22. The molecule has 1 aliphatic heterocycles. The van der Waals surface area contributed by atoms with Crippen LogP contribution in [0.3, 0.4) is 0 Å². The van der Waals surface area contributed by atoms with Gasteiger partial charge in [0.15, 0.2) is 0 Å². The molecule has 0 saturated heterocycles. The van der Waals surface area contributed by atoms with Crippen LogP contribution in [0, 0.1) is 10.1 Å². The van der Waals surface area contributed by atoms with Crippen LogP contribution in [0.4, 0.5) is 5.69 Å². The number of non-ortho nitro benzene ring substituents is 1. The fourth-order valence-electron chi connectivity index (χ4n) is 2.36. The van der Waals surface area contributed by atoms with Gasteiger partial charge in [-0.1, -0.05) is 12.2 Å². The number of nitro groups is 1. The van der Waals surface area contributed by atoms with E-state index in [9.17, 15) is 24.5 Å². The highest BCUT2D eigenvalue weighted by Crippen LogP contribution is 2.26. The molecule has 0 aromatic heterocycles. The lowest BCUT2D eigenvalue weighted by molar-refractivity contribution is -0.384. The average molecular weight is 329 g/mol. The molecule has 1 aromatic rings. The van der Waals surface area contributed by atoms with Crippen molar-refractivity contribution in [2.75, 3.05) is 19.6 Å². The lowest BCUT2D eigenvalue weighted by Gasteiger charge is -2.22. The zero-order chi connectivity index (χ0) is 17.9. The van der Waals surface area contributed by atoms with Gasteiger partial charge in [0.05, 0.1) is 16.1 Å². The van der Waals surface area contributed by atoms with Crippen LogP contribution in [0.25, 0.3) is 0 Å². The van der Waals surface area contributed by atoms with Gasteiger partial charge < -0.3 is 4.90 Å². The van der Waals surface area contributed by atoms with E-state index >= 15 is 0 Å². The van der Waals surface area contributed by atoms with Gasteiger partial charge in [0.1, 0.15) is 6.54 Å². The minimum Gasteiger partial charge on any atom is -0.334 e. The number of imide groups is 1. The van der Waals surface area contributed by atoms with Crippen molar-refractivity contribution in [3.8, 4) is 0 Å². The molecular formula is C16H15N3O5. The Bertz CT molecular complexity index is 746. The van der Waals surface area contributed by atoms with E-state index in [1.807, 2.05) is 0 Å². The van der Waals surface area contributed by atoms with Gasteiger partial charge in [-0.2, -0.15) is 0 Å². The number of hydrogen-bond acceptors (Lipinski definition) is 5. The SMILES string of the molecule is C=CCN(CC=C)C(=O)CN1C(=O)c2ccc([N+](=O)[O-])cc2C1=O. The number of rotatable bonds is 7. The summed E-state index contributed by atoms with van der Waals surface area (Å²) in [6.07, 6.45) is 3.04. The lowest BCUT2D eigenvalue weighted by Crippen LogP contribution is -2.42. The molecule has 0 spiro atoms. The minimum absolute atomic E-state index is 0.0531. The molecule has 24 heavy (non-hydrogen) atoms. The molecule has 2 rings (SSSR count). The molecule has 1 heterocycles. The fourth-order valence-corrected chi connectivity index (χ4v) is 2.36. The van der Waals surface area contributed by atoms with Crippen molar-refractivity contribution in [2.24, 2.45) is 0 Å². The Morgan fingerprint density at radius 3 is 2.29 bits per heavy atom. The van der Waals surface area contributed by atoms with E-state index in [0.29, 0.717) is 0 Å². The molecule has 8 heteroatoms. The lowest BCUT2D eigenvalue weighted by atomic mass is 10.1. The maximum atomic E-state index is 12.3. The van der Waals surface area contributed by atoms with Crippen LogP contribution >= 0.6 is 0 Å². The molecule has 8 nitrogen and oxygen atoms in total. The van der Waals surface area contributed by atoms with Gasteiger partial charge >= 0.3 is 0 Å². The van der Waals surface area contributed by atoms with E-state index in [-0.39, 0.29) is 29.9 Å². The van der Waals surface area contributed by atoms with E-state index in [0.717, 1.165) is 17.0 Å². The number of amides is 3. The maximum Gasteiger partial charge on any atom is 0.270 e. The van der Waals surface area contributed by atoms with E-state index < -0.39 is 29.2 Å². The summed E-state index contributed by atoms with van der Waals surface area (Å²) < 4.78 is 0. The third-order valence-corrected chi connectivity index (χ3v) is 3.51. The van der Waals surface area contributed by atoms with Crippen molar-refractivity contribution in [2.45, 2.75) is 0 Å². The number of carbonyl (C=O) groups excluding carboxylic acids is 3. The molecule has 0 saturated carbocycles. The molecule has 0 radical (unpaired) electrons. The zero-order valence-electron chi connectivity index (χ0n) is 12.8. The number of carbonyl (C=O) groups is 3. The summed E-state index contributed by atoms with van der Waals surface area (Å²) in [5.74, 6) is -1.81. The average Bonchev–Trinajstić information content (AvgIpc) is 2.79. The van der Waals surface area contributed by atoms with E-state index in [4.69, 9.17) is 0 Å². The summed E-state index contributed by atoms with van der Waals surface area (Å²) >= 11 is 0. The normalized spacial score (nSPS) is 12.8. The highest BCUT2D eigenvalue weighted by Gasteiger charge is 2.38. The quantitative estimate of drug-likeness (QED) is 0.326. The van der Waals surface area contributed by atoms with Gasteiger partial charge in [0, 0.05) is 25.2 Å². The monoisotopic (exact) mass is 329 g/mol. The third-order valence-electron chi connectivity index (χ3n) is 3.51. The first-order valence-corrected chi connectivity index (χ1v) is 7.05.